The summed E-state index contributed by atoms with van der Waals surface area (Å²) in [7, 11) is 0. The molecule has 33 heavy (non-hydrogen) atoms. The van der Waals surface area contributed by atoms with Gasteiger partial charge in [0, 0.05) is 28.8 Å². The first kappa shape index (κ1) is 21.6. The summed E-state index contributed by atoms with van der Waals surface area (Å²) in [5.74, 6) is -1.09. The minimum atomic E-state index is -0.548. The lowest BCUT2D eigenvalue weighted by molar-refractivity contribution is -0.122. The average Bonchev–Trinajstić information content (AvgIpc) is 3.20. The van der Waals surface area contributed by atoms with Gasteiger partial charge in [0.2, 0.25) is 0 Å². The number of anilines is 2. The molecule has 2 amide bonds. The van der Waals surface area contributed by atoms with Crippen molar-refractivity contribution < 1.29 is 9.59 Å². The summed E-state index contributed by atoms with van der Waals surface area (Å²) in [6, 6.07) is 20.8. The van der Waals surface area contributed by atoms with Crippen LogP contribution in [0, 0.1) is 0 Å². The molecule has 2 aliphatic rings. The fourth-order valence-electron chi connectivity index (χ4n) is 4.02. The van der Waals surface area contributed by atoms with Gasteiger partial charge in [0.25, 0.3) is 11.8 Å². The third-order valence-electron chi connectivity index (χ3n) is 5.62. The molecule has 5 rings (SSSR count). The van der Waals surface area contributed by atoms with Gasteiger partial charge in [-0.05, 0) is 65.3 Å². The van der Waals surface area contributed by atoms with Crippen LogP contribution in [0.2, 0.25) is 10.0 Å². The summed E-state index contributed by atoms with van der Waals surface area (Å²) in [4.78, 5) is 29.2. The lowest BCUT2D eigenvalue weighted by Gasteiger charge is -2.29. The van der Waals surface area contributed by atoms with Crippen molar-refractivity contribution in [3.05, 3.63) is 99.0 Å². The maximum absolute atomic E-state index is 13.2. The summed E-state index contributed by atoms with van der Waals surface area (Å²) in [6.07, 6.45) is 1.56. The third kappa shape index (κ3) is 4.25. The Kier molecular flexibility index (Phi) is 5.66. The van der Waals surface area contributed by atoms with Crippen molar-refractivity contribution in [3.8, 4) is 0 Å². The number of amides is 2. The highest BCUT2D eigenvalue weighted by Gasteiger charge is 2.34. The first-order chi connectivity index (χ1) is 15.9. The lowest BCUT2D eigenvalue weighted by atomic mass is 10.1. The summed E-state index contributed by atoms with van der Waals surface area (Å²) < 4.78 is 0. The standard InChI is InChI=1S/C25H17Cl2N3O2S/c26-18-10-19(27)12-21(11-18)30-24(32)22(23(31)28-25(30)33)9-15-5-7-20(8-6-15)29-13-16-3-1-2-4-17(16)14-29/h1-12H,13-14H2,(H,28,31,33)/b22-9+. The molecule has 0 radical (unpaired) electrons. The first-order valence-electron chi connectivity index (χ1n) is 10.2. The SMILES string of the molecule is O=C1NC(=S)N(c2cc(Cl)cc(Cl)c2)C(=O)/C1=C/c1ccc(N2Cc3ccccc3C2)cc1. The van der Waals surface area contributed by atoms with Crippen LogP contribution in [0.3, 0.4) is 0 Å². The molecule has 0 aliphatic carbocycles. The first-order valence-corrected chi connectivity index (χ1v) is 11.3. The summed E-state index contributed by atoms with van der Waals surface area (Å²) in [5, 5.41) is 3.26. The molecule has 3 aromatic carbocycles. The molecule has 164 valence electrons. The predicted molar refractivity (Wildman–Crippen MR) is 135 cm³/mol. The number of benzene rings is 3. The Morgan fingerprint density at radius 1 is 0.848 bits per heavy atom. The fraction of sp³-hybridized carbons (Fsp3) is 0.0800. The Morgan fingerprint density at radius 3 is 2.06 bits per heavy atom. The number of hydrogen-bond donors (Lipinski definition) is 1. The topological polar surface area (TPSA) is 52.7 Å². The van der Waals surface area contributed by atoms with Crippen molar-refractivity contribution in [1.29, 1.82) is 0 Å². The Morgan fingerprint density at radius 2 is 1.45 bits per heavy atom. The molecule has 0 unspecified atom stereocenters. The van der Waals surface area contributed by atoms with E-state index in [2.05, 4.69) is 34.5 Å². The van der Waals surface area contributed by atoms with Gasteiger partial charge in [-0.2, -0.15) is 0 Å². The quantitative estimate of drug-likeness (QED) is 0.303. The molecule has 2 heterocycles. The third-order valence-corrected chi connectivity index (χ3v) is 6.34. The van der Waals surface area contributed by atoms with Crippen LogP contribution in [0.1, 0.15) is 16.7 Å². The van der Waals surface area contributed by atoms with Crippen molar-refractivity contribution in [2.24, 2.45) is 0 Å². The number of halogens is 2. The molecule has 1 saturated heterocycles. The van der Waals surface area contributed by atoms with Crippen LogP contribution in [0.25, 0.3) is 6.08 Å². The molecule has 5 nitrogen and oxygen atoms in total. The zero-order chi connectivity index (χ0) is 23.1. The second kappa shape index (κ2) is 8.63. The van der Waals surface area contributed by atoms with Crippen molar-refractivity contribution in [3.63, 3.8) is 0 Å². The number of hydrogen-bond acceptors (Lipinski definition) is 4. The van der Waals surface area contributed by atoms with E-state index in [1.807, 2.05) is 24.3 Å². The predicted octanol–water partition coefficient (Wildman–Crippen LogP) is 5.34. The molecule has 0 aromatic heterocycles. The molecule has 1 fully saturated rings. The van der Waals surface area contributed by atoms with Gasteiger partial charge in [-0.1, -0.05) is 59.6 Å². The van der Waals surface area contributed by atoms with Gasteiger partial charge in [0.1, 0.15) is 5.57 Å². The van der Waals surface area contributed by atoms with Gasteiger partial charge in [-0.3, -0.25) is 19.8 Å². The van der Waals surface area contributed by atoms with E-state index in [0.717, 1.165) is 24.3 Å². The van der Waals surface area contributed by atoms with Crippen LogP contribution < -0.4 is 15.1 Å². The zero-order valence-electron chi connectivity index (χ0n) is 17.2. The number of nitrogens with zero attached hydrogens (tertiary/aromatic N) is 2. The van der Waals surface area contributed by atoms with Gasteiger partial charge in [0.15, 0.2) is 5.11 Å². The Balaban J connectivity index is 1.40. The Bertz CT molecular complexity index is 1290. The van der Waals surface area contributed by atoms with E-state index in [4.69, 9.17) is 35.4 Å². The highest BCUT2D eigenvalue weighted by Crippen LogP contribution is 2.30. The van der Waals surface area contributed by atoms with Gasteiger partial charge in [-0.15, -0.1) is 0 Å². The van der Waals surface area contributed by atoms with E-state index in [1.165, 1.54) is 16.0 Å². The van der Waals surface area contributed by atoms with Crippen LogP contribution >= 0.6 is 35.4 Å². The molecule has 3 aromatic rings. The van der Waals surface area contributed by atoms with Crippen molar-refractivity contribution >= 4 is 69.8 Å². The number of carbonyl (C=O) groups excluding carboxylic acids is 2. The van der Waals surface area contributed by atoms with E-state index in [0.29, 0.717) is 15.7 Å². The maximum Gasteiger partial charge on any atom is 0.270 e. The molecule has 0 saturated carbocycles. The number of rotatable bonds is 3. The number of thiocarbonyl (C=S) groups is 1. The monoisotopic (exact) mass is 493 g/mol. The summed E-state index contributed by atoms with van der Waals surface area (Å²) in [5.41, 5.74) is 4.81. The van der Waals surface area contributed by atoms with E-state index in [-0.39, 0.29) is 10.7 Å². The molecular weight excluding hydrogens is 477 g/mol. The minimum absolute atomic E-state index is 0.0237. The van der Waals surface area contributed by atoms with Crippen LogP contribution in [0.4, 0.5) is 11.4 Å². The zero-order valence-corrected chi connectivity index (χ0v) is 19.5. The van der Waals surface area contributed by atoms with E-state index in [1.54, 1.807) is 24.3 Å². The molecule has 0 spiro atoms. The Hall–Kier alpha value is -3.19. The second-order valence-corrected chi connectivity index (χ2v) is 9.06. The van der Waals surface area contributed by atoms with Crippen LogP contribution in [-0.4, -0.2) is 16.9 Å². The van der Waals surface area contributed by atoms with E-state index >= 15 is 0 Å². The number of nitrogens with one attached hydrogen (secondary N) is 1. The van der Waals surface area contributed by atoms with Crippen molar-refractivity contribution in [2.45, 2.75) is 13.1 Å². The van der Waals surface area contributed by atoms with Crippen LogP contribution in [0.15, 0.2) is 72.3 Å². The number of carbonyl (C=O) groups is 2. The molecule has 0 bridgehead atoms. The summed E-state index contributed by atoms with van der Waals surface area (Å²) in [6.45, 7) is 1.71. The van der Waals surface area contributed by atoms with Crippen molar-refractivity contribution in [2.75, 3.05) is 9.80 Å². The second-order valence-electron chi connectivity index (χ2n) is 7.80. The van der Waals surface area contributed by atoms with Crippen LogP contribution in [-0.2, 0) is 22.7 Å². The fourth-order valence-corrected chi connectivity index (χ4v) is 4.82. The highest BCUT2D eigenvalue weighted by molar-refractivity contribution is 7.80. The smallest absolute Gasteiger partial charge is 0.270 e. The molecule has 1 N–H and O–H groups in total. The number of fused-ring (bicyclic) bond motifs is 1. The maximum atomic E-state index is 13.2. The largest absolute Gasteiger partial charge is 0.363 e. The minimum Gasteiger partial charge on any atom is -0.363 e. The van der Waals surface area contributed by atoms with Crippen LogP contribution in [0.5, 0.6) is 0 Å². The normalized spacial score (nSPS) is 16.9. The summed E-state index contributed by atoms with van der Waals surface area (Å²) >= 11 is 17.4. The van der Waals surface area contributed by atoms with E-state index in [9.17, 15) is 9.59 Å². The molecule has 8 heteroatoms. The lowest BCUT2D eigenvalue weighted by Crippen LogP contribution is -2.54. The molecule has 2 aliphatic heterocycles. The van der Waals surface area contributed by atoms with E-state index < -0.39 is 11.8 Å². The van der Waals surface area contributed by atoms with Crippen molar-refractivity contribution in [1.82, 2.24) is 5.32 Å². The van der Waals surface area contributed by atoms with Gasteiger partial charge < -0.3 is 4.90 Å². The Labute approximate surface area is 206 Å². The molecular formula is C25H17Cl2N3O2S. The van der Waals surface area contributed by atoms with Gasteiger partial charge in [-0.25, -0.2) is 0 Å². The van der Waals surface area contributed by atoms with Gasteiger partial charge >= 0.3 is 0 Å². The average molecular weight is 494 g/mol. The molecule has 0 atom stereocenters. The highest BCUT2D eigenvalue weighted by atomic mass is 35.5. The van der Waals surface area contributed by atoms with Gasteiger partial charge in [0.05, 0.1) is 5.69 Å².